The normalized spacial score (nSPS) is 16.4. The van der Waals surface area contributed by atoms with Gasteiger partial charge >= 0.3 is 0 Å². The largest absolute Gasteiger partial charge is 0.357 e. The molecule has 0 amide bonds. The predicted molar refractivity (Wildman–Crippen MR) is 81.6 cm³/mol. The minimum atomic E-state index is 0.604. The van der Waals surface area contributed by atoms with E-state index >= 15 is 0 Å². The van der Waals surface area contributed by atoms with E-state index in [1.165, 1.54) is 24.1 Å². The zero-order valence-electron chi connectivity index (χ0n) is 12.7. The fourth-order valence-electron chi connectivity index (χ4n) is 2.61. The quantitative estimate of drug-likeness (QED) is 0.818. The summed E-state index contributed by atoms with van der Waals surface area (Å²) in [5.74, 6) is 2.00. The molecular weight excluding hydrogens is 234 g/mol. The minimum Gasteiger partial charge on any atom is -0.357 e. The fourth-order valence-corrected chi connectivity index (χ4v) is 2.61. The number of rotatable bonds is 7. The zero-order valence-corrected chi connectivity index (χ0v) is 12.7. The molecule has 106 valence electrons. The van der Waals surface area contributed by atoms with E-state index in [-0.39, 0.29) is 0 Å². The molecule has 1 aliphatic rings. The van der Waals surface area contributed by atoms with E-state index in [1.54, 1.807) is 0 Å². The number of aryl methyl sites for hydroxylation is 1. The molecule has 0 aliphatic heterocycles. The van der Waals surface area contributed by atoms with Crippen LogP contribution >= 0.6 is 0 Å². The van der Waals surface area contributed by atoms with Gasteiger partial charge in [0.25, 0.3) is 0 Å². The molecule has 1 heterocycles. The van der Waals surface area contributed by atoms with Gasteiger partial charge in [-0.3, -0.25) is 0 Å². The van der Waals surface area contributed by atoms with Crippen LogP contribution in [0.4, 0.5) is 5.82 Å². The van der Waals surface area contributed by atoms with Gasteiger partial charge in [-0.1, -0.05) is 13.3 Å². The Hall–Kier alpha value is -1.09. The Bertz CT molecular complexity index is 388. The summed E-state index contributed by atoms with van der Waals surface area (Å²) < 4.78 is 0. The highest BCUT2D eigenvalue weighted by Gasteiger charge is 2.31. The molecule has 1 saturated carbocycles. The summed E-state index contributed by atoms with van der Waals surface area (Å²) in [6, 6.07) is 5.07. The van der Waals surface area contributed by atoms with E-state index in [1.807, 2.05) is 7.05 Å². The lowest BCUT2D eigenvalue weighted by molar-refractivity contribution is 0.602. The first kappa shape index (κ1) is 14.3. The van der Waals surface area contributed by atoms with E-state index in [0.29, 0.717) is 6.04 Å². The van der Waals surface area contributed by atoms with Gasteiger partial charge < -0.3 is 10.2 Å². The molecule has 0 bridgehead atoms. The van der Waals surface area contributed by atoms with Crippen molar-refractivity contribution in [1.29, 1.82) is 0 Å². The summed E-state index contributed by atoms with van der Waals surface area (Å²) in [6.45, 7) is 5.45. The van der Waals surface area contributed by atoms with E-state index in [4.69, 9.17) is 4.98 Å². The highest BCUT2D eigenvalue weighted by Crippen LogP contribution is 2.36. The van der Waals surface area contributed by atoms with E-state index in [2.05, 4.69) is 43.2 Å². The molecule has 1 unspecified atom stereocenters. The standard InChI is InChI=1S/C16H27N3/c1-5-6-15-9-13(11-17-3)10-16(18-15)19(4)12(2)14-7-8-14/h9-10,12,14,17H,5-8,11H2,1-4H3. The summed E-state index contributed by atoms with van der Waals surface area (Å²) >= 11 is 0. The topological polar surface area (TPSA) is 28.2 Å². The van der Waals surface area contributed by atoms with Gasteiger partial charge in [0.2, 0.25) is 0 Å². The van der Waals surface area contributed by atoms with Gasteiger partial charge in [-0.15, -0.1) is 0 Å². The number of hydrogen-bond acceptors (Lipinski definition) is 3. The first-order valence-corrected chi connectivity index (χ1v) is 7.53. The molecule has 3 heteroatoms. The Morgan fingerprint density at radius 2 is 2.16 bits per heavy atom. The Morgan fingerprint density at radius 3 is 2.74 bits per heavy atom. The van der Waals surface area contributed by atoms with Crippen molar-refractivity contribution in [3.8, 4) is 0 Å². The summed E-state index contributed by atoms with van der Waals surface area (Å²) in [6.07, 6.45) is 4.97. The molecule has 19 heavy (non-hydrogen) atoms. The SMILES string of the molecule is CCCc1cc(CNC)cc(N(C)C(C)C2CC2)n1. The minimum absolute atomic E-state index is 0.604. The maximum Gasteiger partial charge on any atom is 0.129 e. The van der Waals surface area contributed by atoms with Crippen LogP contribution in [0.1, 0.15) is 44.4 Å². The summed E-state index contributed by atoms with van der Waals surface area (Å²) in [5.41, 5.74) is 2.56. The molecule has 1 atom stereocenters. The van der Waals surface area contributed by atoms with E-state index in [9.17, 15) is 0 Å². The highest BCUT2D eigenvalue weighted by atomic mass is 15.2. The zero-order chi connectivity index (χ0) is 13.8. The predicted octanol–water partition coefficient (Wildman–Crippen LogP) is 2.99. The number of nitrogens with one attached hydrogen (secondary N) is 1. The third-order valence-corrected chi connectivity index (χ3v) is 4.09. The average molecular weight is 261 g/mol. The van der Waals surface area contributed by atoms with Crippen molar-refractivity contribution in [2.45, 2.75) is 52.1 Å². The molecule has 1 aromatic heterocycles. The van der Waals surface area contributed by atoms with Crippen LogP contribution in [0.5, 0.6) is 0 Å². The fraction of sp³-hybridized carbons (Fsp3) is 0.688. The molecular formula is C16H27N3. The highest BCUT2D eigenvalue weighted by molar-refractivity contribution is 5.43. The van der Waals surface area contributed by atoms with Gasteiger partial charge in [0.05, 0.1) is 0 Å². The molecule has 1 aliphatic carbocycles. The van der Waals surface area contributed by atoms with Crippen molar-refractivity contribution in [3.05, 3.63) is 23.4 Å². The molecule has 0 radical (unpaired) electrons. The Labute approximate surface area is 117 Å². The van der Waals surface area contributed by atoms with Crippen LogP contribution in [0.15, 0.2) is 12.1 Å². The van der Waals surface area contributed by atoms with Gasteiger partial charge in [0, 0.05) is 25.3 Å². The second-order valence-electron chi connectivity index (χ2n) is 5.79. The first-order chi connectivity index (χ1) is 9.15. The van der Waals surface area contributed by atoms with Crippen LogP contribution in [0.3, 0.4) is 0 Å². The van der Waals surface area contributed by atoms with Gasteiger partial charge in [0.15, 0.2) is 0 Å². The summed E-state index contributed by atoms with van der Waals surface area (Å²) in [7, 11) is 4.18. The molecule has 0 saturated heterocycles. The molecule has 3 nitrogen and oxygen atoms in total. The monoisotopic (exact) mass is 261 g/mol. The average Bonchev–Trinajstić information content (AvgIpc) is 3.22. The summed E-state index contributed by atoms with van der Waals surface area (Å²) in [4.78, 5) is 7.19. The Morgan fingerprint density at radius 1 is 1.42 bits per heavy atom. The van der Waals surface area contributed by atoms with Gasteiger partial charge in [-0.2, -0.15) is 0 Å². The number of hydrogen-bond donors (Lipinski definition) is 1. The Kier molecular flexibility index (Phi) is 4.81. The second-order valence-corrected chi connectivity index (χ2v) is 5.79. The summed E-state index contributed by atoms with van der Waals surface area (Å²) in [5, 5.41) is 3.24. The van der Waals surface area contributed by atoms with Crippen LogP contribution in [0, 0.1) is 5.92 Å². The lowest BCUT2D eigenvalue weighted by atomic mass is 10.1. The van der Waals surface area contributed by atoms with Crippen molar-refractivity contribution >= 4 is 5.82 Å². The third-order valence-electron chi connectivity index (χ3n) is 4.09. The number of pyridine rings is 1. The first-order valence-electron chi connectivity index (χ1n) is 7.53. The van der Waals surface area contributed by atoms with Crippen LogP contribution in [0.2, 0.25) is 0 Å². The van der Waals surface area contributed by atoms with Gasteiger partial charge in [-0.05, 0) is 56.8 Å². The smallest absolute Gasteiger partial charge is 0.129 e. The van der Waals surface area contributed by atoms with Crippen LogP contribution in [-0.2, 0) is 13.0 Å². The van der Waals surface area contributed by atoms with Crippen molar-refractivity contribution in [1.82, 2.24) is 10.3 Å². The van der Waals surface area contributed by atoms with E-state index in [0.717, 1.165) is 31.1 Å². The second kappa shape index (κ2) is 6.38. The number of aromatic nitrogens is 1. The molecule has 0 spiro atoms. The Balaban J connectivity index is 2.21. The van der Waals surface area contributed by atoms with Gasteiger partial charge in [-0.25, -0.2) is 4.98 Å². The van der Waals surface area contributed by atoms with Crippen LogP contribution in [-0.4, -0.2) is 25.1 Å². The molecule has 0 aromatic carbocycles. The van der Waals surface area contributed by atoms with Crippen LogP contribution < -0.4 is 10.2 Å². The van der Waals surface area contributed by atoms with E-state index < -0.39 is 0 Å². The molecule has 2 rings (SSSR count). The van der Waals surface area contributed by atoms with Crippen molar-refractivity contribution in [3.63, 3.8) is 0 Å². The van der Waals surface area contributed by atoms with Crippen molar-refractivity contribution in [2.24, 2.45) is 5.92 Å². The molecule has 1 fully saturated rings. The van der Waals surface area contributed by atoms with Crippen molar-refractivity contribution < 1.29 is 0 Å². The van der Waals surface area contributed by atoms with Crippen LogP contribution in [0.25, 0.3) is 0 Å². The number of nitrogens with zero attached hydrogens (tertiary/aromatic N) is 2. The van der Waals surface area contributed by atoms with Gasteiger partial charge in [0.1, 0.15) is 5.82 Å². The maximum atomic E-state index is 4.83. The lowest BCUT2D eigenvalue weighted by Crippen LogP contribution is -2.31. The molecule has 1 aromatic rings. The molecule has 1 N–H and O–H groups in total. The maximum absolute atomic E-state index is 4.83. The van der Waals surface area contributed by atoms with Crippen molar-refractivity contribution in [2.75, 3.05) is 19.0 Å². The number of anilines is 1. The lowest BCUT2D eigenvalue weighted by Gasteiger charge is -2.27. The third kappa shape index (κ3) is 3.69.